The minimum Gasteiger partial charge on any atom is -0.378 e. The fourth-order valence-electron chi connectivity index (χ4n) is 1.82. The van der Waals surface area contributed by atoms with Gasteiger partial charge in [0.25, 0.3) is 0 Å². The molecule has 0 aliphatic heterocycles. The fourth-order valence-corrected chi connectivity index (χ4v) is 2.22. The van der Waals surface area contributed by atoms with Crippen LogP contribution in [0, 0.1) is 4.51 Å². The smallest absolute Gasteiger partial charge is 0.204 e. The SMILES string of the molecule is CCc1c(N(C)CCOCCN(C)C)c(=S)c1=O. The normalized spacial score (nSPS) is 11.4. The van der Waals surface area contributed by atoms with Crippen LogP contribution < -0.4 is 10.3 Å². The molecular formula is C13H22N2O2S. The topological polar surface area (TPSA) is 32.8 Å². The Morgan fingerprint density at radius 3 is 2.33 bits per heavy atom. The quantitative estimate of drug-likeness (QED) is 0.524. The highest BCUT2D eigenvalue weighted by Gasteiger charge is 2.18. The Kier molecular flexibility index (Phi) is 5.91. The molecule has 0 amide bonds. The highest BCUT2D eigenvalue weighted by atomic mass is 32.1. The van der Waals surface area contributed by atoms with Crippen LogP contribution in [0.5, 0.6) is 0 Å². The molecule has 0 saturated carbocycles. The third-order valence-electron chi connectivity index (χ3n) is 2.97. The van der Waals surface area contributed by atoms with Crippen molar-refractivity contribution in [3.63, 3.8) is 0 Å². The van der Waals surface area contributed by atoms with Gasteiger partial charge in [-0.2, -0.15) is 0 Å². The highest BCUT2D eigenvalue weighted by molar-refractivity contribution is 7.71. The van der Waals surface area contributed by atoms with Crippen LogP contribution in [0.2, 0.25) is 0 Å². The van der Waals surface area contributed by atoms with Gasteiger partial charge in [-0.15, -0.1) is 0 Å². The van der Waals surface area contributed by atoms with Crippen molar-refractivity contribution in [2.75, 3.05) is 52.3 Å². The number of nitrogens with zero attached hydrogens (tertiary/aromatic N) is 2. The molecule has 0 bridgehead atoms. The Bertz CT molecular complexity index is 450. The second-order valence-corrected chi connectivity index (χ2v) is 5.08. The van der Waals surface area contributed by atoms with E-state index in [4.69, 9.17) is 17.0 Å². The Hall–Kier alpha value is -0.780. The fraction of sp³-hybridized carbons (Fsp3) is 0.692. The molecule has 0 fully saturated rings. The number of ether oxygens (including phenoxy) is 1. The number of hydrogen-bond acceptors (Lipinski definition) is 5. The van der Waals surface area contributed by atoms with Crippen molar-refractivity contribution in [3.8, 4) is 0 Å². The molecule has 0 aliphatic rings. The van der Waals surface area contributed by atoms with E-state index < -0.39 is 0 Å². The Labute approximate surface area is 114 Å². The molecule has 102 valence electrons. The first kappa shape index (κ1) is 15.3. The van der Waals surface area contributed by atoms with Crippen molar-refractivity contribution in [3.05, 3.63) is 20.3 Å². The van der Waals surface area contributed by atoms with Crippen molar-refractivity contribution in [1.82, 2.24) is 4.90 Å². The van der Waals surface area contributed by atoms with E-state index in [2.05, 4.69) is 4.90 Å². The molecule has 0 aromatic heterocycles. The maximum absolute atomic E-state index is 11.5. The average molecular weight is 270 g/mol. The van der Waals surface area contributed by atoms with Crippen LogP contribution in [-0.2, 0) is 11.2 Å². The van der Waals surface area contributed by atoms with Gasteiger partial charge in [-0.3, -0.25) is 4.79 Å². The van der Waals surface area contributed by atoms with Gasteiger partial charge in [0.15, 0.2) is 0 Å². The molecule has 4 nitrogen and oxygen atoms in total. The third-order valence-corrected chi connectivity index (χ3v) is 3.35. The zero-order chi connectivity index (χ0) is 13.7. The molecule has 0 atom stereocenters. The first-order valence-corrected chi connectivity index (χ1v) is 6.65. The largest absolute Gasteiger partial charge is 0.378 e. The van der Waals surface area contributed by atoms with Crippen LogP contribution in [-0.4, -0.2) is 52.3 Å². The summed E-state index contributed by atoms with van der Waals surface area (Å²) in [7, 11) is 6.00. The number of hydrogen-bond donors (Lipinski definition) is 0. The Morgan fingerprint density at radius 1 is 1.17 bits per heavy atom. The highest BCUT2D eigenvalue weighted by Crippen LogP contribution is 2.21. The standard InChI is InChI=1S/C13H22N2O2S/c1-5-10-11(13(18)12(10)16)15(4)7-9-17-8-6-14(2)3/h5-9H2,1-4H3. The lowest BCUT2D eigenvalue weighted by molar-refractivity contribution is 0.123. The summed E-state index contributed by atoms with van der Waals surface area (Å²) < 4.78 is 6.01. The lowest BCUT2D eigenvalue weighted by Crippen LogP contribution is -2.31. The first-order valence-electron chi connectivity index (χ1n) is 6.24. The van der Waals surface area contributed by atoms with Crippen molar-refractivity contribution in [2.45, 2.75) is 13.3 Å². The van der Waals surface area contributed by atoms with Gasteiger partial charge in [-0.1, -0.05) is 19.1 Å². The maximum Gasteiger partial charge on any atom is 0.204 e. The summed E-state index contributed by atoms with van der Waals surface area (Å²) in [5, 5.41) is 0. The average Bonchev–Trinajstić information content (AvgIpc) is 2.33. The van der Waals surface area contributed by atoms with E-state index in [1.165, 1.54) is 0 Å². The summed E-state index contributed by atoms with van der Waals surface area (Å²) in [6, 6.07) is 0. The van der Waals surface area contributed by atoms with Crippen molar-refractivity contribution in [2.24, 2.45) is 0 Å². The van der Waals surface area contributed by atoms with Crippen molar-refractivity contribution in [1.29, 1.82) is 0 Å². The van der Waals surface area contributed by atoms with Crippen LogP contribution in [0.15, 0.2) is 4.79 Å². The molecule has 5 heteroatoms. The third kappa shape index (κ3) is 3.60. The predicted molar refractivity (Wildman–Crippen MR) is 77.9 cm³/mol. The molecule has 18 heavy (non-hydrogen) atoms. The molecule has 1 rings (SSSR count). The van der Waals surface area contributed by atoms with E-state index in [0.29, 0.717) is 11.1 Å². The number of anilines is 1. The molecule has 0 radical (unpaired) electrons. The zero-order valence-corrected chi connectivity index (χ0v) is 12.5. The van der Waals surface area contributed by atoms with Crippen LogP contribution in [0.25, 0.3) is 0 Å². The van der Waals surface area contributed by atoms with Gasteiger partial charge in [0.05, 0.1) is 18.9 Å². The molecular weight excluding hydrogens is 248 g/mol. The molecule has 0 heterocycles. The number of rotatable bonds is 8. The molecule has 0 aliphatic carbocycles. The lowest BCUT2D eigenvalue weighted by Gasteiger charge is -2.24. The minimum atomic E-state index is 0.0443. The molecule has 1 aromatic carbocycles. The van der Waals surface area contributed by atoms with Gasteiger partial charge in [0.1, 0.15) is 4.51 Å². The van der Waals surface area contributed by atoms with Crippen LogP contribution in [0.1, 0.15) is 12.5 Å². The maximum atomic E-state index is 11.5. The van der Waals surface area contributed by atoms with Crippen molar-refractivity contribution >= 4 is 17.9 Å². The van der Waals surface area contributed by atoms with Crippen LogP contribution in [0.4, 0.5) is 5.69 Å². The Balaban J connectivity index is 2.37. The predicted octanol–water partition coefficient (Wildman–Crippen LogP) is 1.23. The van der Waals surface area contributed by atoms with Gasteiger partial charge >= 0.3 is 0 Å². The zero-order valence-electron chi connectivity index (χ0n) is 11.7. The lowest BCUT2D eigenvalue weighted by atomic mass is 10.0. The van der Waals surface area contributed by atoms with E-state index in [1.807, 2.05) is 33.0 Å². The summed E-state index contributed by atoms with van der Waals surface area (Å²) in [5.74, 6) is 0. The minimum absolute atomic E-state index is 0.0443. The molecule has 0 unspecified atom stereocenters. The second-order valence-electron chi connectivity index (χ2n) is 4.68. The van der Waals surface area contributed by atoms with Gasteiger partial charge in [0, 0.05) is 25.7 Å². The second kappa shape index (κ2) is 6.97. The molecule has 0 spiro atoms. The first-order chi connectivity index (χ1) is 8.49. The summed E-state index contributed by atoms with van der Waals surface area (Å²) >= 11 is 5.09. The van der Waals surface area contributed by atoms with Crippen LogP contribution >= 0.6 is 12.2 Å². The van der Waals surface area contributed by atoms with Gasteiger partial charge in [0.2, 0.25) is 5.43 Å². The summed E-state index contributed by atoms with van der Waals surface area (Å²) in [6.07, 6.45) is 0.750. The number of likely N-dealkylation sites (N-methyl/N-ethyl adjacent to an activating group) is 2. The van der Waals surface area contributed by atoms with E-state index in [9.17, 15) is 4.79 Å². The van der Waals surface area contributed by atoms with E-state index >= 15 is 0 Å². The summed E-state index contributed by atoms with van der Waals surface area (Å²) in [6.45, 7) is 5.05. The van der Waals surface area contributed by atoms with Crippen molar-refractivity contribution < 1.29 is 4.74 Å². The van der Waals surface area contributed by atoms with Gasteiger partial charge in [-0.05, 0) is 20.5 Å². The van der Waals surface area contributed by atoms with E-state index in [-0.39, 0.29) is 5.43 Å². The van der Waals surface area contributed by atoms with Gasteiger partial charge < -0.3 is 14.5 Å². The van der Waals surface area contributed by atoms with E-state index in [0.717, 1.165) is 37.4 Å². The van der Waals surface area contributed by atoms with Gasteiger partial charge in [-0.25, -0.2) is 0 Å². The molecule has 0 saturated heterocycles. The summed E-state index contributed by atoms with van der Waals surface area (Å²) in [5.41, 5.74) is 1.84. The monoisotopic (exact) mass is 270 g/mol. The summed E-state index contributed by atoms with van der Waals surface area (Å²) in [4.78, 5) is 15.6. The molecule has 1 aromatic rings. The van der Waals surface area contributed by atoms with Crippen LogP contribution in [0.3, 0.4) is 0 Å². The Morgan fingerprint density at radius 2 is 1.78 bits per heavy atom. The van der Waals surface area contributed by atoms with E-state index in [1.54, 1.807) is 0 Å². The molecule has 0 N–H and O–H groups in total.